The van der Waals surface area contributed by atoms with Crippen LogP contribution in [0.2, 0.25) is 0 Å². The molecule has 0 aliphatic rings. The van der Waals surface area contributed by atoms with Crippen molar-refractivity contribution in [2.24, 2.45) is 0 Å². The van der Waals surface area contributed by atoms with Gasteiger partial charge in [-0.2, -0.15) is 72.8 Å². The second-order valence-corrected chi connectivity index (χ2v) is 9.61. The third kappa shape index (κ3) is 38.4. The summed E-state index contributed by atoms with van der Waals surface area (Å²) in [6.45, 7) is 28.0. The minimum atomic E-state index is 0. The van der Waals surface area contributed by atoms with Gasteiger partial charge in [-0.1, -0.05) is 189 Å². The molecule has 7 aromatic rings. The summed E-state index contributed by atoms with van der Waals surface area (Å²) in [7, 11) is 2.00. The molecule has 0 amide bonds. The van der Waals surface area contributed by atoms with Crippen LogP contribution in [0.5, 0.6) is 0 Å². The molecule has 0 aromatic heterocycles. The van der Waals surface area contributed by atoms with Gasteiger partial charge in [0.1, 0.15) is 0 Å². The van der Waals surface area contributed by atoms with Crippen molar-refractivity contribution >= 4 is 34.1 Å². The number of para-hydroxylation sites is 4. The van der Waals surface area contributed by atoms with Crippen molar-refractivity contribution in [3.8, 4) is 0 Å². The maximum Gasteiger partial charge on any atom is 0.0438 e. The topological polar surface area (TPSA) is 46.9 Å². The van der Waals surface area contributed by atoms with E-state index in [-0.39, 0.29) is 80.3 Å². The van der Waals surface area contributed by atoms with E-state index in [1.807, 2.05) is 176 Å². The van der Waals surface area contributed by atoms with E-state index in [1.165, 1.54) is 0 Å². The van der Waals surface area contributed by atoms with Gasteiger partial charge in [-0.3, -0.25) is 0 Å². The van der Waals surface area contributed by atoms with E-state index >= 15 is 0 Å². The fourth-order valence-corrected chi connectivity index (χ4v) is 4.60. The molecule has 0 unspecified atom stereocenters. The Morgan fingerprint density at radius 1 is 0.258 bits per heavy atom. The number of benzene rings is 7. The summed E-state index contributed by atoms with van der Waals surface area (Å²) < 4.78 is 0. The number of hydrogen-bond donors (Lipinski definition) is 2. The molecule has 0 bridgehead atoms. The molecule has 0 fully saturated rings. The molecule has 0 saturated heterocycles. The molecule has 2 radical (unpaired) electrons. The van der Waals surface area contributed by atoms with Gasteiger partial charge in [-0.05, 0) is 48.5 Å². The van der Waals surface area contributed by atoms with Crippen molar-refractivity contribution in [3.05, 3.63) is 226 Å². The van der Waals surface area contributed by atoms with Crippen LogP contribution in [0.4, 0.5) is 34.1 Å². The van der Waals surface area contributed by atoms with Gasteiger partial charge in [-0.25, -0.2) is 0 Å². The maximum atomic E-state index is 7.00. The van der Waals surface area contributed by atoms with Crippen LogP contribution >= 0.6 is 0 Å². The summed E-state index contributed by atoms with van der Waals surface area (Å²) >= 11 is 0. The quantitative estimate of drug-likeness (QED) is 0.163. The van der Waals surface area contributed by atoms with E-state index in [1.54, 1.807) is 0 Å². The number of nitrogens with zero attached hydrogens (tertiary/aromatic N) is 2. The molecule has 7 rings (SSSR count). The van der Waals surface area contributed by atoms with Gasteiger partial charge in [0, 0.05) is 102 Å². The Morgan fingerprint density at radius 2 is 0.409 bits per heavy atom. The maximum absolute atomic E-state index is 7.00. The Hall–Kier alpha value is -3.73. The zero-order valence-corrected chi connectivity index (χ0v) is 49.2. The average molecular weight is 1050 g/mol. The smallest absolute Gasteiger partial charge is 0.0438 e. The number of hydrogen-bond acceptors (Lipinski definition) is 4. The van der Waals surface area contributed by atoms with E-state index in [4.69, 9.17) is 10.2 Å². The monoisotopic (exact) mass is 1050 g/mol. The van der Waals surface area contributed by atoms with E-state index in [2.05, 4.69) is 149 Å². The molecule has 0 heterocycles. The van der Waals surface area contributed by atoms with Crippen molar-refractivity contribution in [1.29, 1.82) is 0 Å². The molecule has 0 aliphatic heterocycles. The molecular formula is C60H90N2O2Y2-4. The normalized spacial score (nSPS) is 7.36. The summed E-state index contributed by atoms with van der Waals surface area (Å²) in [6.07, 6.45) is 0. The first-order valence-electron chi connectivity index (χ1n) is 22.4. The minimum Gasteiger partial charge on any atom is -0.400 e. The molecule has 6 heteroatoms. The Morgan fingerprint density at radius 3 is 0.561 bits per heavy atom. The molecule has 0 saturated carbocycles. The van der Waals surface area contributed by atoms with Crippen LogP contribution in [0.3, 0.4) is 0 Å². The summed E-state index contributed by atoms with van der Waals surface area (Å²) in [5.41, 5.74) is 6.88. The fourth-order valence-electron chi connectivity index (χ4n) is 4.60. The van der Waals surface area contributed by atoms with Gasteiger partial charge < -0.3 is 27.4 Å². The van der Waals surface area contributed by atoms with Crippen molar-refractivity contribution in [2.75, 3.05) is 24.0 Å². The predicted molar refractivity (Wildman–Crippen MR) is 294 cm³/mol. The SMILES string of the molecule is C.CC.CC.CC.CC.CC.CC.CC.CO.CO.[CH3-].[Y].[Y].[c-]1ccc(N(c2ccccc2)c2ccccc2)cc1.[c-]1ccc(N(c2ccccc2)c2ccccc2)cc1.[c-]1ccccc1. The van der Waals surface area contributed by atoms with Crippen LogP contribution < -0.4 is 9.80 Å². The largest absolute Gasteiger partial charge is 0.400 e. The fraction of sp³-hybridized carbons (Fsp3) is 0.283. The number of aliphatic hydroxyl groups excluding tert-OH is 2. The predicted octanol–water partition coefficient (Wildman–Crippen LogP) is 18.9. The number of anilines is 6. The third-order valence-electron chi connectivity index (χ3n) is 6.58. The third-order valence-corrected chi connectivity index (χ3v) is 6.58. The standard InChI is InChI=1S/2C18H14N.C6H5.7C2H6.2CH4O.CH4.CH3.2Y/c2*1-4-10-16(11-5-1)19(17-12-6-2-7-13-17)18-14-8-3-9-15-18;1-2-4-6-5-3-1;9*1-2;;;;/h2*1-2,4-15H;1-5H;7*1-2H3;2*2H,1H3;1H4;1H3;;/q3*-1;;;;;;;;;;;-1;;. The number of rotatable bonds is 6. The van der Waals surface area contributed by atoms with Gasteiger partial charge in [0.15, 0.2) is 0 Å². The zero-order chi connectivity index (χ0) is 48.1. The summed E-state index contributed by atoms with van der Waals surface area (Å²) in [5.74, 6) is 0. The molecule has 362 valence electrons. The van der Waals surface area contributed by atoms with Crippen molar-refractivity contribution in [3.63, 3.8) is 0 Å². The molecule has 0 aliphatic carbocycles. The molecule has 4 nitrogen and oxygen atoms in total. The van der Waals surface area contributed by atoms with Crippen LogP contribution in [0, 0.1) is 25.6 Å². The zero-order valence-electron chi connectivity index (χ0n) is 43.5. The van der Waals surface area contributed by atoms with E-state index in [9.17, 15) is 0 Å². The summed E-state index contributed by atoms with van der Waals surface area (Å²) in [5, 5.41) is 14.0. The summed E-state index contributed by atoms with van der Waals surface area (Å²) in [4.78, 5) is 4.46. The van der Waals surface area contributed by atoms with Gasteiger partial charge in [0.25, 0.3) is 0 Å². The second kappa shape index (κ2) is 70.3. The van der Waals surface area contributed by atoms with Crippen LogP contribution in [-0.2, 0) is 65.4 Å². The van der Waals surface area contributed by atoms with E-state index in [0.29, 0.717) is 0 Å². The Kier molecular flexibility index (Phi) is 87.7. The second-order valence-electron chi connectivity index (χ2n) is 9.61. The molecule has 0 spiro atoms. The van der Waals surface area contributed by atoms with Crippen molar-refractivity contribution < 1.29 is 75.6 Å². The molecule has 2 N–H and O–H groups in total. The van der Waals surface area contributed by atoms with Crippen molar-refractivity contribution in [1.82, 2.24) is 0 Å². The van der Waals surface area contributed by atoms with Crippen LogP contribution in [0.25, 0.3) is 0 Å². The van der Waals surface area contributed by atoms with E-state index < -0.39 is 0 Å². The first-order valence-corrected chi connectivity index (χ1v) is 22.4. The van der Waals surface area contributed by atoms with Gasteiger partial charge in [0.2, 0.25) is 0 Å². The van der Waals surface area contributed by atoms with Crippen LogP contribution in [0.15, 0.2) is 200 Å². The summed E-state index contributed by atoms with van der Waals surface area (Å²) in [6, 6.07) is 76.2. The van der Waals surface area contributed by atoms with Gasteiger partial charge in [-0.15, -0.1) is 24.3 Å². The molecular weight excluding hydrogens is 958 g/mol. The molecule has 7 aromatic carbocycles. The molecule has 0 atom stereocenters. The molecule has 66 heavy (non-hydrogen) atoms. The minimum absolute atomic E-state index is 0. The van der Waals surface area contributed by atoms with Gasteiger partial charge >= 0.3 is 0 Å². The van der Waals surface area contributed by atoms with Crippen LogP contribution in [-0.4, -0.2) is 24.4 Å². The number of aliphatic hydroxyl groups is 2. The average Bonchev–Trinajstić information content (AvgIpc) is 3.42. The Balaban J connectivity index is -0.0000000924. The van der Waals surface area contributed by atoms with Crippen molar-refractivity contribution in [2.45, 2.75) is 104 Å². The Bertz CT molecular complexity index is 1410. The van der Waals surface area contributed by atoms with Gasteiger partial charge in [0.05, 0.1) is 0 Å². The first kappa shape index (κ1) is 82.4. The van der Waals surface area contributed by atoms with E-state index in [0.717, 1.165) is 48.3 Å². The van der Waals surface area contributed by atoms with Crippen LogP contribution in [0.1, 0.15) is 104 Å². The Labute approximate surface area is 459 Å². The first-order chi connectivity index (χ1) is 30.9.